The molecule has 2 N–H and O–H groups in total. The molecule has 0 spiro atoms. The standard InChI is InChI=1S/C25H26F3N5O4/c1-24(2)9-17(10-24)21(15-3-5-16(6-4-15)22(36)29-8-7-20(34)35)37-19-12-30-23(31-13-19)33-14-18(11-32-33)25(26,27)28/h3-6,11-14,17,21H,7-10H2,1-2H3,(H,29,36)(H,34,35)/t21-/m0/s1. The second kappa shape index (κ2) is 10.2. The Morgan fingerprint density at radius 1 is 1.16 bits per heavy atom. The summed E-state index contributed by atoms with van der Waals surface area (Å²) in [7, 11) is 0. The van der Waals surface area contributed by atoms with Crippen LogP contribution in [0.5, 0.6) is 5.75 Å². The van der Waals surface area contributed by atoms with Crippen LogP contribution in [0.3, 0.4) is 0 Å². The zero-order valence-corrected chi connectivity index (χ0v) is 20.2. The molecule has 1 aromatic carbocycles. The number of hydrogen-bond acceptors (Lipinski definition) is 6. The first-order valence-corrected chi connectivity index (χ1v) is 11.6. The molecule has 1 fully saturated rings. The zero-order chi connectivity index (χ0) is 26.8. The van der Waals surface area contributed by atoms with Crippen LogP contribution in [0, 0.1) is 11.3 Å². The van der Waals surface area contributed by atoms with Gasteiger partial charge in [0.05, 0.1) is 30.6 Å². The zero-order valence-electron chi connectivity index (χ0n) is 20.2. The number of carbonyl (C=O) groups excluding carboxylic acids is 1. The number of benzene rings is 1. The van der Waals surface area contributed by atoms with E-state index >= 15 is 0 Å². The molecule has 0 radical (unpaired) electrons. The smallest absolute Gasteiger partial charge is 0.419 e. The minimum absolute atomic E-state index is 0.0255. The lowest BCUT2D eigenvalue weighted by Gasteiger charge is -2.46. The average Bonchev–Trinajstić information content (AvgIpc) is 3.32. The van der Waals surface area contributed by atoms with E-state index in [9.17, 15) is 22.8 Å². The highest BCUT2D eigenvalue weighted by Crippen LogP contribution is 2.51. The number of alkyl halides is 3. The first kappa shape index (κ1) is 26.1. The first-order valence-electron chi connectivity index (χ1n) is 11.6. The molecule has 0 bridgehead atoms. The Morgan fingerprint density at radius 3 is 2.35 bits per heavy atom. The third-order valence-corrected chi connectivity index (χ3v) is 6.18. The summed E-state index contributed by atoms with van der Waals surface area (Å²) in [5.74, 6) is -0.844. The minimum atomic E-state index is -4.51. The molecule has 2 heterocycles. The molecule has 1 aliphatic rings. The summed E-state index contributed by atoms with van der Waals surface area (Å²) < 4.78 is 45.7. The Morgan fingerprint density at radius 2 is 1.81 bits per heavy atom. The third-order valence-electron chi connectivity index (χ3n) is 6.18. The molecule has 0 saturated heterocycles. The van der Waals surface area contributed by atoms with Gasteiger partial charge in [0.25, 0.3) is 11.9 Å². The molecule has 0 unspecified atom stereocenters. The van der Waals surface area contributed by atoms with Crippen LogP contribution in [0.25, 0.3) is 5.95 Å². The second-order valence-electron chi connectivity index (χ2n) is 9.78. The summed E-state index contributed by atoms with van der Waals surface area (Å²) in [4.78, 5) is 31.1. The third kappa shape index (κ3) is 6.43. The summed E-state index contributed by atoms with van der Waals surface area (Å²) in [6, 6.07) is 6.89. The number of aromatic nitrogens is 4. The fourth-order valence-corrected chi connectivity index (χ4v) is 4.43. The number of rotatable bonds is 9. The summed E-state index contributed by atoms with van der Waals surface area (Å²) >= 11 is 0. The number of nitrogens with zero attached hydrogens (tertiary/aromatic N) is 4. The lowest BCUT2D eigenvalue weighted by molar-refractivity contribution is -0.138. The van der Waals surface area contributed by atoms with E-state index in [4.69, 9.17) is 9.84 Å². The van der Waals surface area contributed by atoms with E-state index in [1.165, 1.54) is 12.4 Å². The maximum absolute atomic E-state index is 12.9. The molecule has 12 heteroatoms. The number of carboxylic acids is 1. The summed E-state index contributed by atoms with van der Waals surface area (Å²) in [5.41, 5.74) is 0.510. The van der Waals surface area contributed by atoms with Gasteiger partial charge in [0.1, 0.15) is 6.10 Å². The number of carboxylic acid groups (broad SMARTS) is 1. The second-order valence-corrected chi connectivity index (χ2v) is 9.78. The molecule has 1 aliphatic carbocycles. The first-order chi connectivity index (χ1) is 17.4. The monoisotopic (exact) mass is 517 g/mol. The Hall–Kier alpha value is -3.96. The molecule has 2 aromatic heterocycles. The Kier molecular flexibility index (Phi) is 7.19. The van der Waals surface area contributed by atoms with Gasteiger partial charge in [-0.2, -0.15) is 18.3 Å². The van der Waals surface area contributed by atoms with E-state index in [0.717, 1.165) is 29.3 Å². The Bertz CT molecular complexity index is 1250. The van der Waals surface area contributed by atoms with Crippen LogP contribution in [-0.4, -0.2) is 43.3 Å². The van der Waals surface area contributed by atoms with Gasteiger partial charge in [-0.3, -0.25) is 9.59 Å². The summed E-state index contributed by atoms with van der Waals surface area (Å²) in [6.45, 7) is 4.37. The number of hydrogen-bond donors (Lipinski definition) is 2. The maximum Gasteiger partial charge on any atom is 0.419 e. The molecule has 196 valence electrons. The lowest BCUT2D eigenvalue weighted by Crippen LogP contribution is -2.37. The molecule has 1 amide bonds. The van der Waals surface area contributed by atoms with Crippen LogP contribution < -0.4 is 10.1 Å². The number of nitrogens with one attached hydrogen (secondary N) is 1. The van der Waals surface area contributed by atoms with Gasteiger partial charge in [-0.15, -0.1) is 0 Å². The van der Waals surface area contributed by atoms with Gasteiger partial charge in [-0.25, -0.2) is 14.6 Å². The van der Waals surface area contributed by atoms with Crippen LogP contribution in [-0.2, 0) is 11.0 Å². The molecule has 1 saturated carbocycles. The summed E-state index contributed by atoms with van der Waals surface area (Å²) in [6.07, 6.45) is 1.10. The van der Waals surface area contributed by atoms with Crippen LogP contribution in [0.1, 0.15) is 60.7 Å². The number of ether oxygens (including phenoxy) is 1. The van der Waals surface area contributed by atoms with Crippen LogP contribution in [0.4, 0.5) is 13.2 Å². The van der Waals surface area contributed by atoms with E-state index in [1.54, 1.807) is 24.3 Å². The van der Waals surface area contributed by atoms with E-state index in [2.05, 4.69) is 34.2 Å². The normalized spacial score (nSPS) is 16.0. The van der Waals surface area contributed by atoms with Gasteiger partial charge in [-0.05, 0) is 36.0 Å². The van der Waals surface area contributed by atoms with E-state index in [1.807, 2.05) is 0 Å². The Labute approximate surface area is 210 Å². The van der Waals surface area contributed by atoms with Crippen molar-refractivity contribution in [2.75, 3.05) is 6.54 Å². The van der Waals surface area contributed by atoms with Crippen molar-refractivity contribution in [2.45, 2.75) is 45.4 Å². The minimum Gasteiger partial charge on any atom is -0.482 e. The predicted octanol–water partition coefficient (Wildman–Crippen LogP) is 4.44. The van der Waals surface area contributed by atoms with E-state index in [-0.39, 0.29) is 42.3 Å². The molecule has 9 nitrogen and oxygen atoms in total. The van der Waals surface area contributed by atoms with Crippen molar-refractivity contribution in [3.8, 4) is 11.7 Å². The molecular formula is C25H26F3N5O4. The van der Waals surface area contributed by atoms with Gasteiger partial charge in [-0.1, -0.05) is 26.0 Å². The van der Waals surface area contributed by atoms with Crippen molar-refractivity contribution >= 4 is 11.9 Å². The van der Waals surface area contributed by atoms with E-state index < -0.39 is 17.7 Å². The molecule has 37 heavy (non-hydrogen) atoms. The Balaban J connectivity index is 1.48. The van der Waals surface area contributed by atoms with Crippen LogP contribution in [0.2, 0.25) is 0 Å². The van der Waals surface area contributed by atoms with Crippen molar-refractivity contribution in [3.05, 3.63) is 65.7 Å². The quantitative estimate of drug-likeness (QED) is 0.431. The summed E-state index contributed by atoms with van der Waals surface area (Å²) in [5, 5.41) is 15.0. The SMILES string of the molecule is CC1(C)CC([C@@H](Oc2cnc(-n3cc(C(F)(F)F)cn3)nc2)c2ccc(C(=O)NCCC(=O)O)cc2)C1. The fraction of sp³-hybridized carbons (Fsp3) is 0.400. The van der Waals surface area contributed by atoms with Gasteiger partial charge in [0.2, 0.25) is 0 Å². The number of halogens is 3. The highest BCUT2D eigenvalue weighted by molar-refractivity contribution is 5.94. The van der Waals surface area contributed by atoms with Crippen LogP contribution in [0.15, 0.2) is 49.1 Å². The van der Waals surface area contributed by atoms with Crippen molar-refractivity contribution in [1.29, 1.82) is 0 Å². The molecule has 0 aliphatic heterocycles. The maximum atomic E-state index is 12.9. The molecule has 1 atom stereocenters. The topological polar surface area (TPSA) is 119 Å². The average molecular weight is 518 g/mol. The van der Waals surface area contributed by atoms with E-state index in [0.29, 0.717) is 17.5 Å². The highest BCUT2D eigenvalue weighted by Gasteiger charge is 2.42. The lowest BCUT2D eigenvalue weighted by atomic mass is 9.62. The molecular weight excluding hydrogens is 491 g/mol. The van der Waals surface area contributed by atoms with Crippen molar-refractivity contribution in [1.82, 2.24) is 25.1 Å². The number of amides is 1. The van der Waals surface area contributed by atoms with Crippen molar-refractivity contribution < 1.29 is 32.6 Å². The number of carbonyl (C=O) groups is 2. The van der Waals surface area contributed by atoms with Gasteiger partial charge in [0.15, 0.2) is 5.75 Å². The predicted molar refractivity (Wildman–Crippen MR) is 125 cm³/mol. The van der Waals surface area contributed by atoms with Crippen LogP contribution >= 0.6 is 0 Å². The van der Waals surface area contributed by atoms with Gasteiger partial charge in [0, 0.05) is 24.2 Å². The van der Waals surface area contributed by atoms with Gasteiger partial charge < -0.3 is 15.2 Å². The largest absolute Gasteiger partial charge is 0.482 e. The number of aliphatic carboxylic acids is 1. The van der Waals surface area contributed by atoms with Gasteiger partial charge >= 0.3 is 12.1 Å². The molecule has 4 rings (SSSR count). The molecule has 3 aromatic rings. The van der Waals surface area contributed by atoms with Crippen molar-refractivity contribution in [3.63, 3.8) is 0 Å². The van der Waals surface area contributed by atoms with Crippen molar-refractivity contribution in [2.24, 2.45) is 11.3 Å². The fourth-order valence-electron chi connectivity index (χ4n) is 4.43. The highest BCUT2D eigenvalue weighted by atomic mass is 19.4.